The lowest BCUT2D eigenvalue weighted by Gasteiger charge is -2.25. The van der Waals surface area contributed by atoms with E-state index in [9.17, 15) is 13.2 Å². The minimum absolute atomic E-state index is 0.0372. The molecule has 0 aromatic heterocycles. The number of para-hydroxylation sites is 2. The first kappa shape index (κ1) is 23.6. The lowest BCUT2D eigenvalue weighted by molar-refractivity contribution is -0.119. The lowest BCUT2D eigenvalue weighted by Crippen LogP contribution is -2.39. The standard InChI is InChI=1S/C22H19Cl2N3O4S/c1-31-21-10-6-5-9-20(21)27(32(29,30)18-7-3-2-4-8-18)15-22(28)26-25-14-16-11-12-17(23)13-19(16)24/h2-14H,15H2,1H3,(H,26,28)/b25-14-. The van der Waals surface area contributed by atoms with Gasteiger partial charge in [-0.1, -0.05) is 59.6 Å². The molecule has 166 valence electrons. The molecule has 3 aromatic rings. The van der Waals surface area contributed by atoms with Crippen molar-refractivity contribution in [2.24, 2.45) is 5.10 Å². The molecule has 1 amide bonds. The predicted molar refractivity (Wildman–Crippen MR) is 126 cm³/mol. The fourth-order valence-corrected chi connectivity index (χ4v) is 4.71. The Morgan fingerprint density at radius 1 is 1.06 bits per heavy atom. The number of ether oxygens (including phenoxy) is 1. The predicted octanol–water partition coefficient (Wildman–Crippen LogP) is 4.35. The number of sulfonamides is 1. The number of hydrogen-bond acceptors (Lipinski definition) is 5. The molecule has 0 unspecified atom stereocenters. The Labute approximate surface area is 196 Å². The van der Waals surface area contributed by atoms with Gasteiger partial charge in [0.1, 0.15) is 12.3 Å². The Balaban J connectivity index is 1.87. The van der Waals surface area contributed by atoms with Gasteiger partial charge in [0, 0.05) is 10.6 Å². The summed E-state index contributed by atoms with van der Waals surface area (Å²) in [6.07, 6.45) is 1.34. The molecule has 0 radical (unpaired) electrons. The number of anilines is 1. The monoisotopic (exact) mass is 491 g/mol. The molecule has 0 bridgehead atoms. The van der Waals surface area contributed by atoms with Gasteiger partial charge in [-0.2, -0.15) is 5.10 Å². The molecule has 0 aliphatic carbocycles. The van der Waals surface area contributed by atoms with E-state index in [1.165, 1.54) is 25.5 Å². The number of benzene rings is 3. The van der Waals surface area contributed by atoms with Crippen LogP contribution in [-0.2, 0) is 14.8 Å². The highest BCUT2D eigenvalue weighted by Crippen LogP contribution is 2.32. The molecule has 0 spiro atoms. The third kappa shape index (κ3) is 5.59. The second kappa shape index (κ2) is 10.5. The zero-order valence-corrected chi connectivity index (χ0v) is 19.2. The molecule has 0 fully saturated rings. The van der Waals surface area contributed by atoms with Crippen molar-refractivity contribution in [2.75, 3.05) is 18.0 Å². The second-order valence-corrected chi connectivity index (χ2v) is 9.16. The number of carbonyl (C=O) groups is 1. The van der Waals surface area contributed by atoms with Crippen LogP contribution in [0.15, 0.2) is 82.8 Å². The number of halogens is 2. The summed E-state index contributed by atoms with van der Waals surface area (Å²) in [7, 11) is -2.64. The Hall–Kier alpha value is -3.07. The molecule has 1 N–H and O–H groups in total. The minimum Gasteiger partial charge on any atom is -0.495 e. The van der Waals surface area contributed by atoms with Crippen LogP contribution in [0, 0.1) is 0 Å². The van der Waals surface area contributed by atoms with Gasteiger partial charge in [-0.05, 0) is 36.4 Å². The number of methoxy groups -OCH3 is 1. The smallest absolute Gasteiger partial charge is 0.264 e. The van der Waals surface area contributed by atoms with E-state index in [1.807, 2.05) is 0 Å². The number of hydrogen-bond donors (Lipinski definition) is 1. The van der Waals surface area contributed by atoms with Gasteiger partial charge in [-0.3, -0.25) is 9.10 Å². The van der Waals surface area contributed by atoms with E-state index < -0.39 is 22.5 Å². The van der Waals surface area contributed by atoms with E-state index in [2.05, 4.69) is 10.5 Å². The highest BCUT2D eigenvalue weighted by atomic mass is 35.5. The van der Waals surface area contributed by atoms with Crippen LogP contribution < -0.4 is 14.5 Å². The van der Waals surface area contributed by atoms with E-state index >= 15 is 0 Å². The lowest BCUT2D eigenvalue weighted by atomic mass is 10.2. The minimum atomic E-state index is -4.07. The van der Waals surface area contributed by atoms with Crippen LogP contribution in [-0.4, -0.2) is 34.2 Å². The zero-order chi connectivity index (χ0) is 23.1. The quantitative estimate of drug-likeness (QED) is 0.374. The summed E-state index contributed by atoms with van der Waals surface area (Å²) in [6.45, 7) is -0.525. The zero-order valence-electron chi connectivity index (χ0n) is 16.9. The maximum absolute atomic E-state index is 13.3. The maximum Gasteiger partial charge on any atom is 0.264 e. The number of nitrogens with zero attached hydrogens (tertiary/aromatic N) is 2. The van der Waals surface area contributed by atoms with Crippen LogP contribution in [0.3, 0.4) is 0 Å². The molecular weight excluding hydrogens is 473 g/mol. The van der Waals surface area contributed by atoms with E-state index in [0.717, 1.165) is 4.31 Å². The number of carbonyl (C=O) groups excluding carboxylic acids is 1. The van der Waals surface area contributed by atoms with Gasteiger partial charge >= 0.3 is 0 Å². The van der Waals surface area contributed by atoms with Crippen LogP contribution in [0.5, 0.6) is 5.75 Å². The van der Waals surface area contributed by atoms with Crippen LogP contribution >= 0.6 is 23.2 Å². The second-order valence-electron chi connectivity index (χ2n) is 6.46. The summed E-state index contributed by atoms with van der Waals surface area (Å²) in [6, 6.07) is 19.2. The molecule has 0 saturated carbocycles. The molecule has 0 atom stereocenters. The van der Waals surface area contributed by atoms with E-state index in [-0.39, 0.29) is 10.6 Å². The van der Waals surface area contributed by atoms with E-state index in [4.69, 9.17) is 27.9 Å². The van der Waals surface area contributed by atoms with Crippen molar-refractivity contribution in [3.8, 4) is 5.75 Å². The molecule has 0 aliphatic heterocycles. The highest BCUT2D eigenvalue weighted by Gasteiger charge is 2.29. The van der Waals surface area contributed by atoms with Crippen LogP contribution in [0.2, 0.25) is 10.0 Å². The van der Waals surface area contributed by atoms with Gasteiger partial charge < -0.3 is 4.74 Å². The topological polar surface area (TPSA) is 88.1 Å². The van der Waals surface area contributed by atoms with Gasteiger partial charge in [-0.25, -0.2) is 13.8 Å². The maximum atomic E-state index is 13.3. The Morgan fingerprint density at radius 2 is 1.75 bits per heavy atom. The van der Waals surface area contributed by atoms with Gasteiger partial charge in [0.05, 0.1) is 28.9 Å². The van der Waals surface area contributed by atoms with Gasteiger partial charge in [0.25, 0.3) is 15.9 Å². The average molecular weight is 492 g/mol. The number of nitrogens with one attached hydrogen (secondary N) is 1. The Kier molecular flexibility index (Phi) is 7.74. The number of amides is 1. The fourth-order valence-electron chi connectivity index (χ4n) is 2.80. The highest BCUT2D eigenvalue weighted by molar-refractivity contribution is 7.92. The van der Waals surface area contributed by atoms with Crippen molar-refractivity contribution in [2.45, 2.75) is 4.90 Å². The van der Waals surface area contributed by atoms with Gasteiger partial charge in [-0.15, -0.1) is 0 Å². The summed E-state index contributed by atoms with van der Waals surface area (Å²) >= 11 is 11.9. The van der Waals surface area contributed by atoms with E-state index in [1.54, 1.807) is 60.7 Å². The first-order valence-electron chi connectivity index (χ1n) is 9.30. The summed E-state index contributed by atoms with van der Waals surface area (Å²) < 4.78 is 32.9. The van der Waals surface area contributed by atoms with Gasteiger partial charge in [0.2, 0.25) is 0 Å². The summed E-state index contributed by atoms with van der Waals surface area (Å²) in [5, 5.41) is 4.70. The van der Waals surface area contributed by atoms with Crippen LogP contribution in [0.4, 0.5) is 5.69 Å². The normalized spacial score (nSPS) is 11.3. The average Bonchev–Trinajstić information content (AvgIpc) is 2.79. The fraction of sp³-hybridized carbons (Fsp3) is 0.0909. The molecule has 10 heteroatoms. The number of hydrazone groups is 1. The molecule has 32 heavy (non-hydrogen) atoms. The molecule has 0 aliphatic rings. The van der Waals surface area contributed by atoms with Crippen molar-refractivity contribution >= 4 is 51.0 Å². The molecule has 0 saturated heterocycles. The summed E-state index contributed by atoms with van der Waals surface area (Å²) in [5.41, 5.74) is 3.08. The van der Waals surface area contributed by atoms with Crippen molar-refractivity contribution in [3.63, 3.8) is 0 Å². The molecule has 3 aromatic carbocycles. The van der Waals surface area contributed by atoms with Crippen molar-refractivity contribution in [3.05, 3.63) is 88.4 Å². The van der Waals surface area contributed by atoms with E-state index in [0.29, 0.717) is 21.4 Å². The van der Waals surface area contributed by atoms with Crippen molar-refractivity contribution in [1.29, 1.82) is 0 Å². The molecule has 0 heterocycles. The summed E-state index contributed by atoms with van der Waals surface area (Å²) in [4.78, 5) is 12.6. The Morgan fingerprint density at radius 3 is 2.44 bits per heavy atom. The van der Waals surface area contributed by atoms with Crippen molar-refractivity contribution in [1.82, 2.24) is 5.43 Å². The first-order chi connectivity index (χ1) is 15.3. The molecule has 3 rings (SSSR count). The first-order valence-corrected chi connectivity index (χ1v) is 11.5. The third-order valence-electron chi connectivity index (χ3n) is 4.33. The Bertz CT molecular complexity index is 1230. The largest absolute Gasteiger partial charge is 0.495 e. The SMILES string of the molecule is COc1ccccc1N(CC(=O)N/N=C\c1ccc(Cl)cc1Cl)S(=O)(=O)c1ccccc1. The van der Waals surface area contributed by atoms with Crippen molar-refractivity contribution < 1.29 is 17.9 Å². The summed E-state index contributed by atoms with van der Waals surface area (Å²) in [5.74, 6) is -0.354. The van der Waals surface area contributed by atoms with Crippen LogP contribution in [0.25, 0.3) is 0 Å². The number of rotatable bonds is 8. The van der Waals surface area contributed by atoms with Gasteiger partial charge in [0.15, 0.2) is 0 Å². The molecular formula is C22H19Cl2N3O4S. The molecule has 7 nitrogen and oxygen atoms in total. The third-order valence-corrected chi connectivity index (χ3v) is 6.66. The van der Waals surface area contributed by atoms with Crippen LogP contribution in [0.1, 0.15) is 5.56 Å².